The van der Waals surface area contributed by atoms with Crippen molar-refractivity contribution in [1.82, 2.24) is 19.5 Å². The Morgan fingerprint density at radius 2 is 1.87 bits per heavy atom. The first-order valence-corrected chi connectivity index (χ1v) is 12.4. The molecule has 0 bridgehead atoms. The second-order valence-electron chi connectivity index (χ2n) is 9.18. The smallest absolute Gasteiger partial charge is 0.225 e. The Balaban J connectivity index is 1.35. The van der Waals surface area contributed by atoms with Gasteiger partial charge in [0.1, 0.15) is 24.6 Å². The summed E-state index contributed by atoms with van der Waals surface area (Å²) in [5, 5.41) is 36.5. The third kappa shape index (κ3) is 5.39. The SMILES string of the molecule is NCCC(=O)Nc1cccc(-c2ccc(CNc3nc4c(N)ncnc4n3[C@@H]3O[C@H](CO)[C@@H](O)[C@H]3O)cc2)c1. The maximum atomic E-state index is 11.9. The lowest BCUT2D eigenvalue weighted by Gasteiger charge is -2.19. The number of nitrogens with zero attached hydrogens (tertiary/aromatic N) is 4. The Labute approximate surface area is 223 Å². The van der Waals surface area contributed by atoms with Gasteiger partial charge in [-0.1, -0.05) is 36.4 Å². The van der Waals surface area contributed by atoms with E-state index in [0.717, 1.165) is 16.7 Å². The number of hydrogen-bond donors (Lipinski definition) is 7. The quantitative estimate of drug-likeness (QED) is 0.158. The van der Waals surface area contributed by atoms with Crippen molar-refractivity contribution in [3.63, 3.8) is 0 Å². The molecule has 2 aromatic heterocycles. The minimum atomic E-state index is -1.33. The van der Waals surface area contributed by atoms with Crippen molar-refractivity contribution >= 4 is 34.5 Å². The van der Waals surface area contributed by atoms with Crippen LogP contribution in [0, 0.1) is 0 Å². The maximum absolute atomic E-state index is 11.9. The van der Waals surface area contributed by atoms with Crippen LogP contribution in [0.2, 0.25) is 0 Å². The highest BCUT2D eigenvalue weighted by molar-refractivity contribution is 5.91. The highest BCUT2D eigenvalue weighted by Gasteiger charge is 2.45. The molecule has 0 saturated carbocycles. The van der Waals surface area contributed by atoms with Crippen molar-refractivity contribution in [3.8, 4) is 11.1 Å². The van der Waals surface area contributed by atoms with E-state index in [1.807, 2.05) is 48.5 Å². The van der Waals surface area contributed by atoms with Crippen molar-refractivity contribution in [2.45, 2.75) is 37.5 Å². The van der Waals surface area contributed by atoms with Crippen LogP contribution in [0.3, 0.4) is 0 Å². The fourth-order valence-corrected chi connectivity index (χ4v) is 4.51. The molecule has 1 saturated heterocycles. The number of imidazole rings is 1. The first-order valence-electron chi connectivity index (χ1n) is 12.4. The molecule has 0 aliphatic carbocycles. The maximum Gasteiger partial charge on any atom is 0.225 e. The second kappa shape index (κ2) is 11.3. The molecule has 39 heavy (non-hydrogen) atoms. The largest absolute Gasteiger partial charge is 0.394 e. The summed E-state index contributed by atoms with van der Waals surface area (Å²) in [6.45, 7) is 0.189. The average molecular weight is 535 g/mol. The van der Waals surface area contributed by atoms with Gasteiger partial charge >= 0.3 is 0 Å². The van der Waals surface area contributed by atoms with Gasteiger partial charge in [0.05, 0.1) is 6.61 Å². The molecule has 4 aromatic rings. The molecule has 1 aliphatic heterocycles. The first-order chi connectivity index (χ1) is 18.9. The van der Waals surface area contributed by atoms with E-state index in [1.54, 1.807) is 0 Å². The number of fused-ring (bicyclic) bond motifs is 1. The number of aliphatic hydroxyl groups is 3. The molecule has 204 valence electrons. The van der Waals surface area contributed by atoms with Crippen LogP contribution in [0.4, 0.5) is 17.5 Å². The fraction of sp³-hybridized carbons (Fsp3) is 0.308. The van der Waals surface area contributed by atoms with E-state index in [-0.39, 0.29) is 24.7 Å². The predicted octanol–water partition coefficient (Wildman–Crippen LogP) is 0.586. The number of ether oxygens (including phenoxy) is 1. The predicted molar refractivity (Wildman–Crippen MR) is 144 cm³/mol. The summed E-state index contributed by atoms with van der Waals surface area (Å²) in [6.07, 6.45) is -3.10. The highest BCUT2D eigenvalue weighted by atomic mass is 16.6. The zero-order valence-corrected chi connectivity index (χ0v) is 20.9. The number of carbonyl (C=O) groups is 1. The van der Waals surface area contributed by atoms with E-state index in [0.29, 0.717) is 29.3 Å². The summed E-state index contributed by atoms with van der Waals surface area (Å²) < 4.78 is 7.24. The number of anilines is 3. The van der Waals surface area contributed by atoms with Crippen LogP contribution >= 0.6 is 0 Å². The van der Waals surface area contributed by atoms with Crippen LogP contribution in [0.25, 0.3) is 22.3 Å². The van der Waals surface area contributed by atoms with E-state index in [9.17, 15) is 20.1 Å². The van der Waals surface area contributed by atoms with Crippen molar-refractivity contribution in [2.24, 2.45) is 5.73 Å². The van der Waals surface area contributed by atoms with Crippen LogP contribution in [-0.2, 0) is 16.1 Å². The zero-order chi connectivity index (χ0) is 27.5. The summed E-state index contributed by atoms with van der Waals surface area (Å²) >= 11 is 0. The number of nitrogen functional groups attached to an aromatic ring is 1. The number of carbonyl (C=O) groups excluding carboxylic acids is 1. The molecular weight excluding hydrogens is 504 g/mol. The van der Waals surface area contributed by atoms with Crippen molar-refractivity contribution in [2.75, 3.05) is 29.5 Å². The summed E-state index contributed by atoms with van der Waals surface area (Å²) in [4.78, 5) is 24.6. The molecule has 4 atom stereocenters. The van der Waals surface area contributed by atoms with Gasteiger partial charge in [-0.3, -0.25) is 9.36 Å². The van der Waals surface area contributed by atoms with Crippen molar-refractivity contribution in [1.29, 1.82) is 0 Å². The Hall–Kier alpha value is -4.14. The lowest BCUT2D eigenvalue weighted by atomic mass is 10.0. The molecule has 1 amide bonds. The van der Waals surface area contributed by atoms with Gasteiger partial charge < -0.3 is 42.2 Å². The van der Waals surface area contributed by atoms with Gasteiger partial charge in [0.25, 0.3) is 0 Å². The number of aromatic nitrogens is 4. The van der Waals surface area contributed by atoms with Gasteiger partial charge in [-0.25, -0.2) is 15.0 Å². The molecule has 1 aliphatic rings. The van der Waals surface area contributed by atoms with Crippen molar-refractivity contribution < 1.29 is 24.9 Å². The van der Waals surface area contributed by atoms with Gasteiger partial charge in [-0.2, -0.15) is 0 Å². The van der Waals surface area contributed by atoms with Gasteiger partial charge in [0, 0.05) is 25.2 Å². The minimum Gasteiger partial charge on any atom is -0.394 e. The number of nitrogens with one attached hydrogen (secondary N) is 2. The van der Waals surface area contributed by atoms with E-state index in [2.05, 4.69) is 25.6 Å². The summed E-state index contributed by atoms with van der Waals surface area (Å²) in [7, 11) is 0. The number of benzene rings is 2. The van der Waals surface area contributed by atoms with E-state index < -0.39 is 31.1 Å². The third-order valence-electron chi connectivity index (χ3n) is 6.53. The van der Waals surface area contributed by atoms with E-state index >= 15 is 0 Å². The van der Waals surface area contributed by atoms with Crippen LogP contribution in [0.1, 0.15) is 18.2 Å². The molecule has 1 fully saturated rings. The molecule has 2 aromatic carbocycles. The molecule has 9 N–H and O–H groups in total. The standard InChI is InChI=1S/C26H30N8O5/c27-9-8-19(36)32-17-3-1-2-16(10-17)15-6-4-14(5-7-15)11-29-26-33-20-23(28)30-13-31-24(20)34(26)25-22(38)21(37)18(12-35)39-25/h1-7,10,13,18,21-22,25,35,37-38H,8-9,11-12,27H2,(H,29,33)(H,32,36)(H2,28,30,31)/t18-,21-,22-,25-/m1/s1. The van der Waals surface area contributed by atoms with Crippen LogP contribution in [0.15, 0.2) is 54.9 Å². The van der Waals surface area contributed by atoms with Crippen LogP contribution in [0.5, 0.6) is 0 Å². The number of aliphatic hydroxyl groups excluding tert-OH is 3. The molecular formula is C26H30N8O5. The molecule has 3 heterocycles. The Morgan fingerprint density at radius 3 is 2.59 bits per heavy atom. The monoisotopic (exact) mass is 534 g/mol. The fourth-order valence-electron chi connectivity index (χ4n) is 4.51. The minimum absolute atomic E-state index is 0.133. The summed E-state index contributed by atoms with van der Waals surface area (Å²) in [5.74, 6) is 0.322. The van der Waals surface area contributed by atoms with E-state index in [4.69, 9.17) is 16.2 Å². The molecule has 0 radical (unpaired) electrons. The molecule has 13 heteroatoms. The van der Waals surface area contributed by atoms with Gasteiger partial charge in [0.15, 0.2) is 23.2 Å². The second-order valence-corrected chi connectivity index (χ2v) is 9.18. The highest BCUT2D eigenvalue weighted by Crippen LogP contribution is 2.35. The number of rotatable bonds is 9. The summed E-state index contributed by atoms with van der Waals surface area (Å²) in [5.41, 5.74) is 15.6. The van der Waals surface area contributed by atoms with E-state index in [1.165, 1.54) is 10.9 Å². The number of amides is 1. The van der Waals surface area contributed by atoms with Crippen molar-refractivity contribution in [3.05, 3.63) is 60.4 Å². The number of hydrogen-bond acceptors (Lipinski definition) is 11. The average Bonchev–Trinajstić information content (AvgIpc) is 3.45. The zero-order valence-electron chi connectivity index (χ0n) is 20.9. The third-order valence-corrected chi connectivity index (χ3v) is 6.53. The lowest BCUT2D eigenvalue weighted by Crippen LogP contribution is -2.33. The normalized spacial score (nSPS) is 20.8. The van der Waals surface area contributed by atoms with Crippen LogP contribution in [-0.4, -0.2) is 72.2 Å². The van der Waals surface area contributed by atoms with Gasteiger partial charge in [-0.05, 0) is 28.8 Å². The Kier molecular flexibility index (Phi) is 7.67. The Morgan fingerprint density at radius 1 is 1.08 bits per heavy atom. The molecule has 13 nitrogen and oxygen atoms in total. The summed E-state index contributed by atoms with van der Waals surface area (Å²) in [6, 6.07) is 15.4. The molecule has 0 spiro atoms. The van der Waals surface area contributed by atoms with Gasteiger partial charge in [0.2, 0.25) is 11.9 Å². The Bertz CT molecular complexity index is 1460. The van der Waals surface area contributed by atoms with Gasteiger partial charge in [-0.15, -0.1) is 0 Å². The molecule has 5 rings (SSSR count). The first kappa shape index (κ1) is 26.5. The van der Waals surface area contributed by atoms with Crippen LogP contribution < -0.4 is 22.1 Å². The number of nitrogens with two attached hydrogens (primary N) is 2. The molecule has 0 unspecified atom stereocenters. The lowest BCUT2D eigenvalue weighted by molar-refractivity contribution is -0.116. The topological polar surface area (TPSA) is 207 Å².